The summed E-state index contributed by atoms with van der Waals surface area (Å²) in [4.78, 5) is 22.4. The summed E-state index contributed by atoms with van der Waals surface area (Å²) in [5, 5.41) is 12.9. The topological polar surface area (TPSA) is 93.8 Å². The van der Waals surface area contributed by atoms with Gasteiger partial charge >= 0.3 is 5.97 Å². The molecule has 0 saturated carbocycles. The maximum Gasteiger partial charge on any atom is 0.339 e. The zero-order chi connectivity index (χ0) is 16.2. The third-order valence-corrected chi connectivity index (χ3v) is 3.04. The zero-order valence-electron chi connectivity index (χ0n) is 11.7. The van der Waals surface area contributed by atoms with Crippen molar-refractivity contribution in [3.8, 4) is 5.69 Å². The first-order chi connectivity index (χ1) is 11.1. The summed E-state index contributed by atoms with van der Waals surface area (Å²) in [6.45, 7) is 0. The number of carbonyl (C=O) groups is 1. The maximum atomic E-state index is 14.1. The number of aromatic nitrogens is 5. The van der Waals surface area contributed by atoms with E-state index >= 15 is 0 Å². The molecule has 0 aliphatic rings. The van der Waals surface area contributed by atoms with Crippen LogP contribution in [0.1, 0.15) is 21.6 Å². The monoisotopic (exact) mass is 311 g/mol. The minimum absolute atomic E-state index is 0.0246. The molecule has 0 radical (unpaired) electrons. The Labute approximate surface area is 129 Å². The van der Waals surface area contributed by atoms with Crippen molar-refractivity contribution >= 4 is 18.1 Å². The lowest BCUT2D eigenvalue weighted by Gasteiger charge is -2.03. The molecule has 0 fully saturated rings. The van der Waals surface area contributed by atoms with Crippen LogP contribution in [0.5, 0.6) is 0 Å². The van der Waals surface area contributed by atoms with E-state index < -0.39 is 11.8 Å². The Balaban J connectivity index is 1.89. The number of rotatable bonds is 4. The number of hydrogen-bond donors (Lipinski definition) is 1. The Kier molecular flexibility index (Phi) is 3.88. The molecule has 8 heteroatoms. The zero-order valence-corrected chi connectivity index (χ0v) is 11.7. The molecule has 0 spiro atoms. The predicted octanol–water partition coefficient (Wildman–Crippen LogP) is 2.06. The van der Waals surface area contributed by atoms with Gasteiger partial charge in [-0.05, 0) is 23.8 Å². The van der Waals surface area contributed by atoms with Crippen LogP contribution in [-0.4, -0.2) is 35.8 Å². The van der Waals surface area contributed by atoms with Crippen molar-refractivity contribution in [2.45, 2.75) is 0 Å². The first-order valence-corrected chi connectivity index (χ1v) is 6.51. The summed E-state index contributed by atoms with van der Waals surface area (Å²) >= 11 is 0. The maximum absolute atomic E-state index is 14.1. The molecule has 3 rings (SSSR count). The minimum atomic E-state index is -1.13. The first kappa shape index (κ1) is 14.5. The third-order valence-electron chi connectivity index (χ3n) is 3.04. The van der Waals surface area contributed by atoms with Crippen LogP contribution < -0.4 is 0 Å². The van der Waals surface area contributed by atoms with Gasteiger partial charge in [0.05, 0.1) is 5.69 Å². The number of aromatic carboxylic acids is 1. The summed E-state index contributed by atoms with van der Waals surface area (Å²) in [7, 11) is 0. The molecular weight excluding hydrogens is 301 g/mol. The highest BCUT2D eigenvalue weighted by Crippen LogP contribution is 2.16. The van der Waals surface area contributed by atoms with Gasteiger partial charge < -0.3 is 5.11 Å². The number of hydrogen-bond acceptors (Lipinski definition) is 5. The lowest BCUT2D eigenvalue weighted by atomic mass is 10.1. The number of benzene rings is 1. The van der Waals surface area contributed by atoms with Gasteiger partial charge in [0.2, 0.25) is 0 Å². The quantitative estimate of drug-likeness (QED) is 0.792. The number of halogens is 1. The molecule has 23 heavy (non-hydrogen) atoms. The van der Waals surface area contributed by atoms with Crippen LogP contribution in [0.3, 0.4) is 0 Å². The van der Waals surface area contributed by atoms with Crippen molar-refractivity contribution in [1.82, 2.24) is 24.7 Å². The van der Waals surface area contributed by atoms with Gasteiger partial charge in [0.15, 0.2) is 0 Å². The second kappa shape index (κ2) is 6.14. The predicted molar refractivity (Wildman–Crippen MR) is 79.2 cm³/mol. The van der Waals surface area contributed by atoms with Gasteiger partial charge in [-0.2, -0.15) is 5.10 Å². The molecule has 2 heterocycles. The van der Waals surface area contributed by atoms with E-state index in [-0.39, 0.29) is 16.9 Å². The van der Waals surface area contributed by atoms with Gasteiger partial charge in [-0.25, -0.2) is 28.8 Å². The molecule has 2 aromatic heterocycles. The molecule has 0 bridgehead atoms. The van der Waals surface area contributed by atoms with E-state index in [1.54, 1.807) is 18.2 Å². The Morgan fingerprint density at radius 1 is 1.22 bits per heavy atom. The molecule has 0 saturated heterocycles. The van der Waals surface area contributed by atoms with Crippen molar-refractivity contribution in [3.05, 3.63) is 66.0 Å². The van der Waals surface area contributed by atoms with Crippen LogP contribution in [0.15, 0.2) is 43.4 Å². The minimum Gasteiger partial charge on any atom is -0.478 e. The molecule has 1 N–H and O–H groups in total. The van der Waals surface area contributed by atoms with Crippen molar-refractivity contribution < 1.29 is 14.3 Å². The van der Waals surface area contributed by atoms with Crippen LogP contribution in [0.25, 0.3) is 17.8 Å². The van der Waals surface area contributed by atoms with Crippen LogP contribution in [-0.2, 0) is 0 Å². The van der Waals surface area contributed by atoms with Gasteiger partial charge in [0.1, 0.15) is 36.1 Å². The molecule has 0 unspecified atom stereocenters. The van der Waals surface area contributed by atoms with E-state index in [9.17, 15) is 9.18 Å². The van der Waals surface area contributed by atoms with Gasteiger partial charge in [-0.3, -0.25) is 0 Å². The summed E-state index contributed by atoms with van der Waals surface area (Å²) in [5.74, 6) is -1.60. The molecular formula is C15H10FN5O2. The second-order valence-corrected chi connectivity index (χ2v) is 4.51. The highest BCUT2D eigenvalue weighted by molar-refractivity contribution is 5.92. The van der Waals surface area contributed by atoms with Crippen LogP contribution in [0, 0.1) is 5.82 Å². The van der Waals surface area contributed by atoms with Crippen LogP contribution in [0.4, 0.5) is 4.39 Å². The van der Waals surface area contributed by atoms with Gasteiger partial charge in [0.25, 0.3) is 0 Å². The molecule has 0 aliphatic carbocycles. The molecule has 0 atom stereocenters. The lowest BCUT2D eigenvalue weighted by molar-refractivity contribution is 0.0695. The number of carboxylic acid groups (broad SMARTS) is 1. The highest BCUT2D eigenvalue weighted by Gasteiger charge is 2.09. The van der Waals surface area contributed by atoms with Crippen molar-refractivity contribution in [2.75, 3.05) is 0 Å². The van der Waals surface area contributed by atoms with E-state index in [0.717, 1.165) is 0 Å². The molecule has 0 amide bonds. The summed E-state index contributed by atoms with van der Waals surface area (Å²) < 4.78 is 15.4. The Hall–Kier alpha value is -3.42. The van der Waals surface area contributed by atoms with Crippen LogP contribution >= 0.6 is 0 Å². The van der Waals surface area contributed by atoms with Gasteiger partial charge in [0, 0.05) is 6.20 Å². The van der Waals surface area contributed by atoms with Gasteiger partial charge in [-0.1, -0.05) is 12.1 Å². The third kappa shape index (κ3) is 3.10. The standard InChI is InChI=1S/C15H10FN5O2/c16-12-5-10(2-4-14(12)21-9-18-8-20-21)1-3-13-11(15(22)23)6-17-7-19-13/h1-9H,(H,22,23)/b3-1+. The number of carboxylic acids is 1. The van der Waals surface area contributed by atoms with Crippen molar-refractivity contribution in [2.24, 2.45) is 0 Å². The highest BCUT2D eigenvalue weighted by atomic mass is 19.1. The summed E-state index contributed by atoms with van der Waals surface area (Å²) in [6, 6.07) is 4.55. The molecule has 7 nitrogen and oxygen atoms in total. The van der Waals surface area contributed by atoms with Crippen LogP contribution in [0.2, 0.25) is 0 Å². The first-order valence-electron chi connectivity index (χ1n) is 6.51. The average molecular weight is 311 g/mol. The van der Waals surface area contributed by atoms with E-state index in [1.807, 2.05) is 0 Å². The summed E-state index contributed by atoms with van der Waals surface area (Å²) in [5.41, 5.74) is 1.05. The van der Waals surface area contributed by atoms with Gasteiger partial charge in [-0.15, -0.1) is 0 Å². The normalized spacial score (nSPS) is 11.0. The van der Waals surface area contributed by atoms with E-state index in [0.29, 0.717) is 5.56 Å². The largest absolute Gasteiger partial charge is 0.478 e. The molecule has 3 aromatic rings. The SMILES string of the molecule is O=C(O)c1cncnc1/C=C/c1ccc(-n2cncn2)c(F)c1. The fourth-order valence-corrected chi connectivity index (χ4v) is 1.96. The van der Waals surface area contributed by atoms with Crippen molar-refractivity contribution in [3.63, 3.8) is 0 Å². The fourth-order valence-electron chi connectivity index (χ4n) is 1.96. The fraction of sp³-hybridized carbons (Fsp3) is 0. The molecule has 0 aliphatic heterocycles. The Morgan fingerprint density at radius 2 is 2.09 bits per heavy atom. The van der Waals surface area contributed by atoms with Crippen molar-refractivity contribution in [1.29, 1.82) is 0 Å². The summed E-state index contributed by atoms with van der Waals surface area (Å²) in [6.07, 6.45) is 8.24. The Bertz CT molecular complexity index is 877. The van der Waals surface area contributed by atoms with E-state index in [2.05, 4.69) is 20.1 Å². The lowest BCUT2D eigenvalue weighted by Crippen LogP contribution is -2.02. The molecule has 114 valence electrons. The van der Waals surface area contributed by atoms with E-state index in [1.165, 1.54) is 42.0 Å². The second-order valence-electron chi connectivity index (χ2n) is 4.51. The Morgan fingerprint density at radius 3 is 2.78 bits per heavy atom. The average Bonchev–Trinajstić information content (AvgIpc) is 3.07. The molecule has 1 aromatic carbocycles. The number of nitrogens with zero attached hydrogens (tertiary/aromatic N) is 5. The smallest absolute Gasteiger partial charge is 0.339 e. The van der Waals surface area contributed by atoms with E-state index in [4.69, 9.17) is 5.11 Å².